The van der Waals surface area contributed by atoms with E-state index in [4.69, 9.17) is 33.7 Å². The van der Waals surface area contributed by atoms with Crippen LogP contribution in [0.15, 0.2) is 12.1 Å². The van der Waals surface area contributed by atoms with Gasteiger partial charge in [0.15, 0.2) is 6.61 Å². The number of halogens is 3. The van der Waals surface area contributed by atoms with Crippen molar-refractivity contribution in [1.29, 1.82) is 0 Å². The normalized spacial score (nSPS) is 15.2. The second kappa shape index (κ2) is 9.46. The monoisotopic (exact) mass is 365 g/mol. The maximum absolute atomic E-state index is 10.9. The lowest BCUT2D eigenvalue weighted by molar-refractivity contribution is -0.119. The number of amides is 1. The Balaban J connectivity index is 0.00000242. The number of nitrogens with two attached hydrogens (primary N) is 1. The zero-order chi connectivity index (χ0) is 15.2. The molecule has 0 bridgehead atoms. The maximum Gasteiger partial charge on any atom is 0.255 e. The largest absolute Gasteiger partial charge is 1.00 e. The summed E-state index contributed by atoms with van der Waals surface area (Å²) in [6, 6.07) is 3.92. The average molecular weight is 367 g/mol. The van der Waals surface area contributed by atoms with Crippen molar-refractivity contribution in [2.45, 2.75) is 44.7 Å². The molecule has 0 aromatic heterocycles. The fraction of sp³-hybridized carbons (Fsp3) is 0.533. The summed E-state index contributed by atoms with van der Waals surface area (Å²) in [6.07, 6.45) is 6.21. The highest BCUT2D eigenvalue weighted by molar-refractivity contribution is 6.35. The van der Waals surface area contributed by atoms with Crippen LogP contribution in [0, 0.1) is 0 Å². The molecule has 0 aliphatic heterocycles. The van der Waals surface area contributed by atoms with Gasteiger partial charge in [-0.3, -0.25) is 4.79 Å². The Morgan fingerprint density at radius 3 is 2.59 bits per heavy atom. The van der Waals surface area contributed by atoms with Crippen molar-refractivity contribution in [3.63, 3.8) is 0 Å². The molecule has 3 N–H and O–H groups in total. The fourth-order valence-corrected chi connectivity index (χ4v) is 3.20. The summed E-state index contributed by atoms with van der Waals surface area (Å²) in [5.74, 6) is -0.0598. The quantitative estimate of drug-likeness (QED) is 0.760. The van der Waals surface area contributed by atoms with Gasteiger partial charge >= 0.3 is 0 Å². The van der Waals surface area contributed by atoms with Gasteiger partial charge in [0.25, 0.3) is 5.91 Å². The van der Waals surface area contributed by atoms with Gasteiger partial charge in [-0.1, -0.05) is 42.5 Å². The van der Waals surface area contributed by atoms with E-state index >= 15 is 0 Å². The number of carbonyl (C=O) groups is 1. The van der Waals surface area contributed by atoms with E-state index in [1.54, 1.807) is 12.1 Å². The van der Waals surface area contributed by atoms with E-state index in [1.807, 2.05) is 0 Å². The Bertz CT molecular complexity index is 506. The maximum atomic E-state index is 10.9. The van der Waals surface area contributed by atoms with Crippen molar-refractivity contribution in [3.8, 4) is 5.75 Å². The molecule has 0 radical (unpaired) electrons. The number of nitrogens with one attached hydrogen (secondary N) is 1. The minimum Gasteiger partial charge on any atom is -1.00 e. The number of ether oxygens (including phenoxy) is 1. The van der Waals surface area contributed by atoms with Crippen LogP contribution in [0.5, 0.6) is 5.75 Å². The first-order valence-corrected chi connectivity index (χ1v) is 7.94. The molecule has 1 aromatic rings. The molecule has 4 nitrogen and oxygen atoms in total. The summed E-state index contributed by atoms with van der Waals surface area (Å²) >= 11 is 12.2. The van der Waals surface area contributed by atoms with Gasteiger partial charge in [-0.15, -0.1) is 0 Å². The zero-order valence-electron chi connectivity index (χ0n) is 12.2. The van der Waals surface area contributed by atoms with Crippen LogP contribution in [0.4, 0.5) is 0 Å². The summed E-state index contributed by atoms with van der Waals surface area (Å²) in [7, 11) is 0. The number of rotatable bonds is 6. The summed E-state index contributed by atoms with van der Waals surface area (Å²) in [6.45, 7) is 0.414. The third-order valence-electron chi connectivity index (χ3n) is 3.63. The molecule has 22 heavy (non-hydrogen) atoms. The summed E-state index contributed by atoms with van der Waals surface area (Å²) in [5.41, 5.74) is 5.96. The van der Waals surface area contributed by atoms with E-state index in [-0.39, 0.29) is 19.0 Å². The van der Waals surface area contributed by atoms with Gasteiger partial charge in [-0.05, 0) is 25.0 Å². The third kappa shape index (κ3) is 5.84. The van der Waals surface area contributed by atoms with E-state index in [0.29, 0.717) is 28.4 Å². The first kappa shape index (κ1) is 19.4. The van der Waals surface area contributed by atoms with Crippen LogP contribution < -0.4 is 28.2 Å². The predicted octanol–water partition coefficient (Wildman–Crippen LogP) is 0.284. The zero-order valence-corrected chi connectivity index (χ0v) is 14.5. The molecule has 1 amide bonds. The van der Waals surface area contributed by atoms with E-state index in [1.165, 1.54) is 32.1 Å². The van der Waals surface area contributed by atoms with Gasteiger partial charge in [0, 0.05) is 23.2 Å². The van der Waals surface area contributed by atoms with Gasteiger partial charge in [0.1, 0.15) is 5.75 Å². The molecule has 124 valence electrons. The smallest absolute Gasteiger partial charge is 0.255 e. The molecule has 1 aliphatic carbocycles. The molecule has 0 heterocycles. The van der Waals surface area contributed by atoms with Gasteiger partial charge < -0.3 is 28.2 Å². The van der Waals surface area contributed by atoms with Crippen LogP contribution in [-0.2, 0) is 11.3 Å². The Morgan fingerprint density at radius 2 is 1.95 bits per heavy atom. The molecule has 0 saturated heterocycles. The van der Waals surface area contributed by atoms with Gasteiger partial charge in [0.2, 0.25) is 0 Å². The van der Waals surface area contributed by atoms with Crippen molar-refractivity contribution in [2.75, 3.05) is 6.61 Å². The van der Waals surface area contributed by atoms with Crippen molar-refractivity contribution in [2.24, 2.45) is 5.73 Å². The fourth-order valence-electron chi connectivity index (χ4n) is 2.61. The predicted molar refractivity (Wildman–Crippen MR) is 84.9 cm³/mol. The summed E-state index contributed by atoms with van der Waals surface area (Å²) < 4.78 is 5.42. The van der Waals surface area contributed by atoms with Crippen molar-refractivity contribution in [3.05, 3.63) is 27.7 Å². The Morgan fingerprint density at radius 1 is 1.27 bits per heavy atom. The topological polar surface area (TPSA) is 64.4 Å². The van der Waals surface area contributed by atoms with Crippen molar-refractivity contribution >= 4 is 29.1 Å². The van der Waals surface area contributed by atoms with Crippen LogP contribution in [0.2, 0.25) is 10.0 Å². The Labute approximate surface area is 147 Å². The van der Waals surface area contributed by atoms with Crippen LogP contribution >= 0.6 is 23.2 Å². The second-order valence-electron chi connectivity index (χ2n) is 5.35. The number of hydrogen-bond acceptors (Lipinski definition) is 3. The van der Waals surface area contributed by atoms with E-state index in [0.717, 1.165) is 5.56 Å². The highest BCUT2D eigenvalue weighted by atomic mass is 35.5. The summed E-state index contributed by atoms with van der Waals surface area (Å²) in [5, 5.41) is 4.45. The lowest BCUT2D eigenvalue weighted by Gasteiger charge is -2.23. The molecule has 7 heteroatoms. The second-order valence-corrected chi connectivity index (χ2v) is 6.19. The molecule has 1 saturated carbocycles. The van der Waals surface area contributed by atoms with Crippen LogP contribution in [0.25, 0.3) is 0 Å². The minimum absolute atomic E-state index is 0. The molecular weight excluding hydrogens is 347 g/mol. The van der Waals surface area contributed by atoms with Crippen molar-refractivity contribution in [1.82, 2.24) is 5.32 Å². The molecule has 0 unspecified atom stereocenters. The molecule has 1 aliphatic rings. The van der Waals surface area contributed by atoms with E-state index in [2.05, 4.69) is 5.32 Å². The Hall–Kier alpha value is -0.680. The minimum atomic E-state index is -0.535. The van der Waals surface area contributed by atoms with Gasteiger partial charge in [-0.25, -0.2) is 0 Å². The molecule has 1 aromatic carbocycles. The van der Waals surface area contributed by atoms with Crippen LogP contribution in [-0.4, -0.2) is 18.6 Å². The highest BCUT2D eigenvalue weighted by Gasteiger charge is 2.16. The number of primary amides is 1. The third-order valence-corrected chi connectivity index (χ3v) is 4.13. The average Bonchev–Trinajstić information content (AvgIpc) is 2.44. The van der Waals surface area contributed by atoms with Gasteiger partial charge in [0.05, 0.1) is 5.02 Å². The first-order chi connectivity index (χ1) is 10.1. The molecule has 1 fully saturated rings. The first-order valence-electron chi connectivity index (χ1n) is 7.18. The van der Waals surface area contributed by atoms with E-state index < -0.39 is 5.91 Å². The molecule has 0 spiro atoms. The lowest BCUT2D eigenvalue weighted by atomic mass is 9.95. The number of carbonyl (C=O) groups excluding carboxylic acids is 1. The number of benzene rings is 1. The molecular formula is C15H20Cl3N2O2-. The lowest BCUT2D eigenvalue weighted by Crippen LogP contribution is -3.00. The van der Waals surface area contributed by atoms with Crippen molar-refractivity contribution < 1.29 is 21.9 Å². The van der Waals surface area contributed by atoms with Crippen LogP contribution in [0.3, 0.4) is 0 Å². The van der Waals surface area contributed by atoms with E-state index in [9.17, 15) is 4.79 Å². The number of hydrogen-bond donors (Lipinski definition) is 2. The molecule has 2 rings (SSSR count). The highest BCUT2D eigenvalue weighted by Crippen LogP contribution is 2.32. The standard InChI is InChI=1S/C15H20Cl2N2O2.ClH/c16-11-6-10(8-19-12-4-2-1-3-5-12)15(13(17)7-11)21-9-14(18)20;/h6-7,12,19H,1-5,8-9H2,(H2,18,20);1H/p-1. The van der Waals surface area contributed by atoms with Gasteiger partial charge in [-0.2, -0.15) is 0 Å². The molecule has 0 atom stereocenters. The summed E-state index contributed by atoms with van der Waals surface area (Å²) in [4.78, 5) is 10.9. The van der Waals surface area contributed by atoms with Crippen LogP contribution in [0.1, 0.15) is 37.7 Å². The Kier molecular flexibility index (Phi) is 8.33. The SMILES string of the molecule is NC(=O)COc1c(Cl)cc(Cl)cc1CNC1CCCCC1.[Cl-].